The van der Waals surface area contributed by atoms with Crippen molar-refractivity contribution >= 4 is 46.1 Å². The van der Waals surface area contributed by atoms with Crippen LogP contribution in [0.2, 0.25) is 5.02 Å². The Morgan fingerprint density at radius 1 is 1.07 bits per heavy atom. The lowest BCUT2D eigenvalue weighted by atomic mass is 9.97. The molecule has 30 heavy (non-hydrogen) atoms. The van der Waals surface area contributed by atoms with Gasteiger partial charge in [-0.3, -0.25) is 14.5 Å². The molecule has 0 radical (unpaired) electrons. The number of benzene rings is 2. The Morgan fingerprint density at radius 2 is 1.77 bits per heavy atom. The van der Waals surface area contributed by atoms with Gasteiger partial charge in [0.1, 0.15) is 17.6 Å². The molecule has 1 unspecified atom stereocenters. The van der Waals surface area contributed by atoms with Crippen LogP contribution in [-0.4, -0.2) is 16.8 Å². The number of rotatable bonds is 3. The molecule has 1 aliphatic heterocycles. The summed E-state index contributed by atoms with van der Waals surface area (Å²) >= 11 is 7.38. The van der Waals surface area contributed by atoms with Gasteiger partial charge in [-0.1, -0.05) is 11.6 Å². The number of aryl methyl sites for hydroxylation is 2. The van der Waals surface area contributed by atoms with E-state index >= 15 is 0 Å². The summed E-state index contributed by atoms with van der Waals surface area (Å²) in [6.07, 6.45) is 0. The summed E-state index contributed by atoms with van der Waals surface area (Å²) in [4.78, 5) is 28.2. The van der Waals surface area contributed by atoms with Gasteiger partial charge in [0.2, 0.25) is 0 Å². The standard InChI is InChI=1S/C23H17ClFNO3S/c1-12-9-10-30-22(12)19-18(20(27)14-3-8-17(25)13(2)11-14)21(28)23(29)26(19)16-6-4-15(24)5-7-16/h3-11,19,27H,1-2H3/b20-18-. The topological polar surface area (TPSA) is 57.6 Å². The lowest BCUT2D eigenvalue weighted by Crippen LogP contribution is -2.29. The normalized spacial score (nSPS) is 18.3. The fraction of sp³-hybridized carbons (Fsp3) is 0.130. The van der Waals surface area contributed by atoms with Crippen molar-refractivity contribution in [2.45, 2.75) is 19.9 Å². The number of aliphatic hydroxyl groups excluding tert-OH is 1. The lowest BCUT2D eigenvalue weighted by molar-refractivity contribution is -0.132. The molecule has 1 atom stereocenters. The molecule has 2 heterocycles. The molecule has 1 aliphatic rings. The molecule has 0 saturated carbocycles. The molecule has 1 amide bonds. The van der Waals surface area contributed by atoms with Crippen LogP contribution in [-0.2, 0) is 9.59 Å². The number of halogens is 2. The van der Waals surface area contributed by atoms with Crippen molar-refractivity contribution in [3.8, 4) is 0 Å². The Bertz CT molecular complexity index is 1200. The first kappa shape index (κ1) is 20.3. The minimum Gasteiger partial charge on any atom is -0.507 e. The lowest BCUT2D eigenvalue weighted by Gasteiger charge is -2.25. The van der Waals surface area contributed by atoms with Crippen molar-refractivity contribution in [3.63, 3.8) is 0 Å². The second-order valence-electron chi connectivity index (χ2n) is 7.08. The van der Waals surface area contributed by atoms with E-state index in [4.69, 9.17) is 11.6 Å². The molecule has 1 fully saturated rings. The van der Waals surface area contributed by atoms with E-state index in [0.717, 1.165) is 10.4 Å². The summed E-state index contributed by atoms with van der Waals surface area (Å²) in [6.45, 7) is 3.45. The second kappa shape index (κ2) is 7.70. The molecule has 1 N–H and O–H groups in total. The summed E-state index contributed by atoms with van der Waals surface area (Å²) in [5.74, 6) is -2.28. The van der Waals surface area contributed by atoms with Crippen molar-refractivity contribution in [2.24, 2.45) is 0 Å². The minimum absolute atomic E-state index is 0.0218. The molecule has 1 aromatic heterocycles. The molecular weight excluding hydrogens is 425 g/mol. The smallest absolute Gasteiger partial charge is 0.300 e. The Kier molecular flexibility index (Phi) is 5.22. The minimum atomic E-state index is -0.795. The number of thiophene rings is 1. The van der Waals surface area contributed by atoms with Gasteiger partial charge < -0.3 is 5.11 Å². The highest BCUT2D eigenvalue weighted by Gasteiger charge is 2.47. The zero-order valence-corrected chi connectivity index (χ0v) is 17.7. The Morgan fingerprint density at radius 3 is 2.37 bits per heavy atom. The molecule has 152 valence electrons. The molecule has 4 rings (SSSR count). The van der Waals surface area contributed by atoms with Gasteiger partial charge in [-0.05, 0) is 78.9 Å². The van der Waals surface area contributed by atoms with Gasteiger partial charge in [0.25, 0.3) is 11.7 Å². The number of anilines is 1. The quantitative estimate of drug-likeness (QED) is 0.318. The summed E-state index contributed by atoms with van der Waals surface area (Å²) in [7, 11) is 0. The molecule has 0 bridgehead atoms. The van der Waals surface area contributed by atoms with E-state index in [1.807, 2.05) is 18.4 Å². The van der Waals surface area contributed by atoms with E-state index in [0.29, 0.717) is 16.3 Å². The average molecular weight is 442 g/mol. The maximum absolute atomic E-state index is 13.7. The second-order valence-corrected chi connectivity index (χ2v) is 8.46. The maximum Gasteiger partial charge on any atom is 0.300 e. The van der Waals surface area contributed by atoms with E-state index in [1.54, 1.807) is 31.2 Å². The van der Waals surface area contributed by atoms with Crippen molar-refractivity contribution in [1.29, 1.82) is 0 Å². The molecular formula is C23H17ClFNO3S. The van der Waals surface area contributed by atoms with Crippen molar-refractivity contribution in [1.82, 2.24) is 0 Å². The Hall–Kier alpha value is -2.96. The predicted molar refractivity (Wildman–Crippen MR) is 116 cm³/mol. The highest BCUT2D eigenvalue weighted by molar-refractivity contribution is 7.10. The first-order valence-corrected chi connectivity index (χ1v) is 10.4. The van der Waals surface area contributed by atoms with Crippen LogP contribution in [0.25, 0.3) is 5.76 Å². The van der Waals surface area contributed by atoms with Crippen LogP contribution < -0.4 is 4.90 Å². The van der Waals surface area contributed by atoms with Crippen LogP contribution in [0.1, 0.15) is 27.6 Å². The van der Waals surface area contributed by atoms with Gasteiger partial charge in [0.05, 0.1) is 5.57 Å². The van der Waals surface area contributed by atoms with Crippen LogP contribution in [0, 0.1) is 19.7 Å². The zero-order chi connectivity index (χ0) is 21.6. The number of carbonyl (C=O) groups is 2. The van der Waals surface area contributed by atoms with Gasteiger partial charge >= 0.3 is 0 Å². The third-order valence-electron chi connectivity index (χ3n) is 5.13. The summed E-state index contributed by atoms with van der Waals surface area (Å²) in [5.41, 5.74) is 1.98. The van der Waals surface area contributed by atoms with Gasteiger partial charge in [-0.15, -0.1) is 11.3 Å². The number of aliphatic hydroxyl groups is 1. The van der Waals surface area contributed by atoms with Gasteiger partial charge in [0.15, 0.2) is 0 Å². The number of hydrogen-bond acceptors (Lipinski definition) is 4. The first-order chi connectivity index (χ1) is 14.3. The third kappa shape index (κ3) is 3.32. The number of carbonyl (C=O) groups excluding carboxylic acids is 2. The van der Waals surface area contributed by atoms with Crippen LogP contribution in [0.15, 0.2) is 59.5 Å². The van der Waals surface area contributed by atoms with E-state index in [-0.39, 0.29) is 16.9 Å². The van der Waals surface area contributed by atoms with Crippen LogP contribution in [0.5, 0.6) is 0 Å². The zero-order valence-electron chi connectivity index (χ0n) is 16.1. The van der Waals surface area contributed by atoms with Crippen molar-refractivity contribution < 1.29 is 19.1 Å². The number of hydrogen-bond donors (Lipinski definition) is 1. The molecule has 4 nitrogen and oxygen atoms in total. The van der Waals surface area contributed by atoms with Crippen molar-refractivity contribution in [3.05, 3.63) is 91.9 Å². The van der Waals surface area contributed by atoms with Gasteiger partial charge in [-0.2, -0.15) is 0 Å². The summed E-state index contributed by atoms with van der Waals surface area (Å²) in [5, 5.41) is 13.4. The Labute approximate surface area is 181 Å². The molecule has 7 heteroatoms. The summed E-state index contributed by atoms with van der Waals surface area (Å²) < 4.78 is 13.7. The largest absolute Gasteiger partial charge is 0.507 e. The summed E-state index contributed by atoms with van der Waals surface area (Å²) in [6, 6.07) is 11.8. The number of nitrogens with zero attached hydrogens (tertiary/aromatic N) is 1. The molecule has 3 aromatic rings. The fourth-order valence-electron chi connectivity index (χ4n) is 3.56. The highest BCUT2D eigenvalue weighted by Crippen LogP contribution is 2.45. The molecule has 2 aromatic carbocycles. The van der Waals surface area contributed by atoms with Gasteiger partial charge in [-0.25, -0.2) is 4.39 Å². The third-order valence-corrected chi connectivity index (χ3v) is 6.45. The van der Waals surface area contributed by atoms with Crippen LogP contribution in [0.4, 0.5) is 10.1 Å². The molecule has 1 saturated heterocycles. The number of Topliss-reactive ketones (excluding diaryl/α,β-unsaturated/α-hetero) is 1. The highest BCUT2D eigenvalue weighted by atomic mass is 35.5. The molecule has 0 aliphatic carbocycles. The van der Waals surface area contributed by atoms with Gasteiger partial charge in [0, 0.05) is 21.2 Å². The van der Waals surface area contributed by atoms with E-state index in [1.165, 1.54) is 34.4 Å². The predicted octanol–water partition coefficient (Wildman–Crippen LogP) is 5.78. The number of amides is 1. The van der Waals surface area contributed by atoms with Crippen molar-refractivity contribution in [2.75, 3.05) is 4.90 Å². The maximum atomic E-state index is 13.7. The average Bonchev–Trinajstić information content (AvgIpc) is 3.25. The first-order valence-electron chi connectivity index (χ1n) is 9.16. The fourth-order valence-corrected chi connectivity index (χ4v) is 4.71. The van der Waals surface area contributed by atoms with Crippen LogP contribution in [0.3, 0.4) is 0 Å². The van der Waals surface area contributed by atoms with Crippen LogP contribution >= 0.6 is 22.9 Å². The van der Waals surface area contributed by atoms with E-state index < -0.39 is 23.5 Å². The Balaban J connectivity index is 1.95. The monoisotopic (exact) mass is 441 g/mol. The van der Waals surface area contributed by atoms with E-state index in [2.05, 4.69) is 0 Å². The van der Waals surface area contributed by atoms with E-state index in [9.17, 15) is 19.1 Å². The molecule has 0 spiro atoms. The SMILES string of the molecule is Cc1cc(/C(O)=C2/C(=O)C(=O)N(c3ccc(Cl)cc3)C2c2sccc2C)ccc1F. The number of ketones is 1.